The lowest BCUT2D eigenvalue weighted by atomic mass is 10.1. The number of ether oxygens (including phenoxy) is 1. The molecule has 0 bridgehead atoms. The number of hydrogen-bond acceptors (Lipinski definition) is 4. The summed E-state index contributed by atoms with van der Waals surface area (Å²) >= 11 is 0. The summed E-state index contributed by atoms with van der Waals surface area (Å²) in [6, 6.07) is 5.57. The van der Waals surface area contributed by atoms with E-state index in [0.29, 0.717) is 31.1 Å². The second-order valence-corrected chi connectivity index (χ2v) is 4.97. The highest BCUT2D eigenvalue weighted by molar-refractivity contribution is 5.95. The number of nitrogens with zero attached hydrogens (tertiary/aromatic N) is 1. The maximum Gasteiger partial charge on any atom is 0.316 e. The van der Waals surface area contributed by atoms with Gasteiger partial charge < -0.3 is 25.6 Å². The Kier molecular flexibility index (Phi) is 4.99. The number of nitrogens with one attached hydrogen (secondary N) is 3. The van der Waals surface area contributed by atoms with Crippen LogP contribution in [0.25, 0.3) is 0 Å². The second kappa shape index (κ2) is 6.94. The van der Waals surface area contributed by atoms with E-state index in [9.17, 15) is 9.59 Å². The van der Waals surface area contributed by atoms with Crippen molar-refractivity contribution in [2.24, 2.45) is 0 Å². The number of fused-ring (bicyclic) bond motifs is 1. The minimum absolute atomic E-state index is 0.0656. The van der Waals surface area contributed by atoms with Gasteiger partial charge in [-0.3, -0.25) is 4.79 Å². The normalized spacial score (nSPS) is 13.0. The molecule has 0 saturated heterocycles. The molecule has 0 atom stereocenters. The van der Waals surface area contributed by atoms with Crippen molar-refractivity contribution in [2.45, 2.75) is 6.54 Å². The molecule has 0 aliphatic carbocycles. The first-order valence-corrected chi connectivity index (χ1v) is 6.77. The van der Waals surface area contributed by atoms with Gasteiger partial charge in [-0.1, -0.05) is 6.07 Å². The van der Waals surface area contributed by atoms with Crippen LogP contribution in [0.4, 0.5) is 10.5 Å². The highest BCUT2D eigenvalue weighted by Gasteiger charge is 2.15. The van der Waals surface area contributed by atoms with Crippen LogP contribution in [0.5, 0.6) is 5.75 Å². The lowest BCUT2D eigenvalue weighted by molar-refractivity contribution is -0.118. The zero-order valence-electron chi connectivity index (χ0n) is 12.2. The summed E-state index contributed by atoms with van der Waals surface area (Å²) in [5, 5.41) is 8.77. The topological polar surface area (TPSA) is 82.7 Å². The predicted molar refractivity (Wildman–Crippen MR) is 79.4 cm³/mol. The monoisotopic (exact) mass is 292 g/mol. The molecule has 1 heterocycles. The van der Waals surface area contributed by atoms with Gasteiger partial charge in [0.15, 0.2) is 6.61 Å². The van der Waals surface area contributed by atoms with Crippen LogP contribution in [0.1, 0.15) is 5.56 Å². The molecule has 2 rings (SSSR count). The molecule has 7 heteroatoms. The third-order valence-electron chi connectivity index (χ3n) is 2.99. The molecule has 7 nitrogen and oxygen atoms in total. The SMILES string of the molecule is CN(C)C(=O)NCCNCc1ccc2c(c1)NC(=O)CO2. The van der Waals surface area contributed by atoms with Gasteiger partial charge in [0, 0.05) is 33.7 Å². The maximum absolute atomic E-state index is 11.3. The molecule has 0 fully saturated rings. The Hall–Kier alpha value is -2.28. The van der Waals surface area contributed by atoms with E-state index in [2.05, 4.69) is 16.0 Å². The van der Waals surface area contributed by atoms with E-state index in [1.165, 1.54) is 4.90 Å². The number of rotatable bonds is 5. The van der Waals surface area contributed by atoms with Crippen molar-refractivity contribution < 1.29 is 14.3 Å². The van der Waals surface area contributed by atoms with Crippen molar-refractivity contribution in [3.8, 4) is 5.75 Å². The predicted octanol–water partition coefficient (Wildman–Crippen LogP) is 0.378. The van der Waals surface area contributed by atoms with Gasteiger partial charge in [0.25, 0.3) is 5.91 Å². The molecule has 1 aliphatic heterocycles. The van der Waals surface area contributed by atoms with E-state index >= 15 is 0 Å². The van der Waals surface area contributed by atoms with Crippen LogP contribution in [0, 0.1) is 0 Å². The molecule has 3 amide bonds. The van der Waals surface area contributed by atoms with E-state index < -0.39 is 0 Å². The van der Waals surface area contributed by atoms with Gasteiger partial charge in [0.1, 0.15) is 5.75 Å². The third-order valence-corrected chi connectivity index (χ3v) is 2.99. The molecular weight excluding hydrogens is 272 g/mol. The molecule has 21 heavy (non-hydrogen) atoms. The van der Waals surface area contributed by atoms with Crippen molar-refractivity contribution in [1.82, 2.24) is 15.5 Å². The van der Waals surface area contributed by atoms with Crippen LogP contribution in [0.3, 0.4) is 0 Å². The van der Waals surface area contributed by atoms with E-state index in [4.69, 9.17) is 4.74 Å². The van der Waals surface area contributed by atoms with Crippen molar-refractivity contribution in [3.63, 3.8) is 0 Å². The summed E-state index contributed by atoms with van der Waals surface area (Å²) in [7, 11) is 3.40. The first kappa shape index (κ1) is 15.1. The molecule has 0 unspecified atom stereocenters. The molecule has 114 valence electrons. The summed E-state index contributed by atoms with van der Waals surface area (Å²) in [6.07, 6.45) is 0. The summed E-state index contributed by atoms with van der Waals surface area (Å²) in [5.74, 6) is 0.551. The van der Waals surface area contributed by atoms with Crippen LogP contribution >= 0.6 is 0 Å². The molecule has 0 saturated carbocycles. The number of amides is 3. The first-order chi connectivity index (χ1) is 10.1. The van der Waals surface area contributed by atoms with E-state index in [1.807, 2.05) is 18.2 Å². The van der Waals surface area contributed by atoms with Gasteiger partial charge in [0.05, 0.1) is 5.69 Å². The number of carbonyl (C=O) groups is 2. The lowest BCUT2D eigenvalue weighted by Crippen LogP contribution is -2.38. The number of hydrogen-bond donors (Lipinski definition) is 3. The average Bonchev–Trinajstić information content (AvgIpc) is 2.46. The molecule has 0 spiro atoms. The van der Waals surface area contributed by atoms with Crippen LogP contribution in [0.2, 0.25) is 0 Å². The molecule has 0 radical (unpaired) electrons. The third kappa shape index (κ3) is 4.35. The smallest absolute Gasteiger partial charge is 0.316 e. The number of urea groups is 1. The van der Waals surface area contributed by atoms with Gasteiger partial charge in [-0.25, -0.2) is 4.79 Å². The van der Waals surface area contributed by atoms with Crippen molar-refractivity contribution in [3.05, 3.63) is 23.8 Å². The Morgan fingerprint density at radius 1 is 1.38 bits per heavy atom. The molecular formula is C14H20N4O3. The van der Waals surface area contributed by atoms with Crippen LogP contribution in [0.15, 0.2) is 18.2 Å². The van der Waals surface area contributed by atoms with Crippen LogP contribution in [-0.4, -0.2) is 50.6 Å². The quantitative estimate of drug-likeness (QED) is 0.685. The maximum atomic E-state index is 11.3. The second-order valence-electron chi connectivity index (χ2n) is 4.97. The minimum atomic E-state index is -0.140. The zero-order chi connectivity index (χ0) is 15.2. The van der Waals surface area contributed by atoms with Gasteiger partial charge >= 0.3 is 6.03 Å². The minimum Gasteiger partial charge on any atom is -0.482 e. The van der Waals surface area contributed by atoms with Gasteiger partial charge in [-0.15, -0.1) is 0 Å². The Bertz CT molecular complexity index is 531. The van der Waals surface area contributed by atoms with E-state index in [0.717, 1.165) is 5.56 Å². The highest BCUT2D eigenvalue weighted by Crippen LogP contribution is 2.28. The van der Waals surface area contributed by atoms with Gasteiger partial charge in [0.2, 0.25) is 0 Å². The molecule has 0 aromatic heterocycles. The van der Waals surface area contributed by atoms with E-state index in [-0.39, 0.29) is 18.5 Å². The molecule has 1 aromatic carbocycles. The fraction of sp³-hybridized carbons (Fsp3) is 0.429. The summed E-state index contributed by atoms with van der Waals surface area (Å²) < 4.78 is 5.30. The van der Waals surface area contributed by atoms with E-state index in [1.54, 1.807) is 14.1 Å². The fourth-order valence-corrected chi connectivity index (χ4v) is 1.89. The Labute approximate surface area is 123 Å². The number of benzene rings is 1. The van der Waals surface area contributed by atoms with Crippen LogP contribution < -0.4 is 20.7 Å². The molecule has 3 N–H and O–H groups in total. The molecule has 1 aromatic rings. The van der Waals surface area contributed by atoms with Gasteiger partial charge in [-0.05, 0) is 17.7 Å². The standard InChI is InChI=1S/C14H20N4O3/c1-18(2)14(20)16-6-5-15-8-10-3-4-12-11(7-10)17-13(19)9-21-12/h3-4,7,15H,5-6,8-9H2,1-2H3,(H,16,20)(H,17,19). The van der Waals surface area contributed by atoms with Gasteiger partial charge in [-0.2, -0.15) is 0 Å². The lowest BCUT2D eigenvalue weighted by Gasteiger charge is -2.18. The Morgan fingerprint density at radius 2 is 2.19 bits per heavy atom. The fourth-order valence-electron chi connectivity index (χ4n) is 1.89. The summed E-state index contributed by atoms with van der Waals surface area (Å²) in [4.78, 5) is 24.1. The van der Waals surface area contributed by atoms with Crippen molar-refractivity contribution in [1.29, 1.82) is 0 Å². The summed E-state index contributed by atoms with van der Waals surface area (Å²) in [5.41, 5.74) is 1.74. The van der Waals surface area contributed by atoms with Crippen LogP contribution in [-0.2, 0) is 11.3 Å². The molecule has 1 aliphatic rings. The largest absolute Gasteiger partial charge is 0.482 e. The average molecular weight is 292 g/mol. The summed E-state index contributed by atoms with van der Waals surface area (Å²) in [6.45, 7) is 1.94. The van der Waals surface area contributed by atoms with Crippen molar-refractivity contribution in [2.75, 3.05) is 39.1 Å². The Balaban J connectivity index is 1.75. The first-order valence-electron chi connectivity index (χ1n) is 6.77. The number of carbonyl (C=O) groups excluding carboxylic acids is 2. The highest BCUT2D eigenvalue weighted by atomic mass is 16.5. The van der Waals surface area contributed by atoms with Crippen molar-refractivity contribution >= 4 is 17.6 Å². The Morgan fingerprint density at radius 3 is 2.95 bits per heavy atom. The zero-order valence-corrected chi connectivity index (χ0v) is 12.2. The number of anilines is 1.